The second-order valence-corrected chi connectivity index (χ2v) is 8.20. The third kappa shape index (κ3) is 3.90. The van der Waals surface area contributed by atoms with Gasteiger partial charge in [-0.1, -0.05) is 19.4 Å². The van der Waals surface area contributed by atoms with E-state index in [9.17, 15) is 9.59 Å². The molecule has 2 aliphatic carbocycles. The summed E-state index contributed by atoms with van der Waals surface area (Å²) in [6, 6.07) is 0. The van der Waals surface area contributed by atoms with Gasteiger partial charge in [0.25, 0.3) is 0 Å². The lowest BCUT2D eigenvalue weighted by Crippen LogP contribution is -2.47. The number of fused-ring (bicyclic) bond motifs is 1. The second-order valence-electron chi connectivity index (χ2n) is 7.46. The van der Waals surface area contributed by atoms with Crippen molar-refractivity contribution in [3.05, 3.63) is 22.6 Å². The fraction of sp³-hybridized carbons (Fsp3) is 0.684. The molecule has 2 fully saturated rings. The highest BCUT2D eigenvalue weighted by Crippen LogP contribution is 2.54. The van der Waals surface area contributed by atoms with Crippen LogP contribution in [-0.2, 0) is 14.3 Å². The maximum absolute atomic E-state index is 12.4. The van der Waals surface area contributed by atoms with E-state index in [-0.39, 0.29) is 23.3 Å². The predicted molar refractivity (Wildman–Crippen MR) is 95.1 cm³/mol. The molecular formula is C19H28O3S. The average Bonchev–Trinajstić information content (AvgIpc) is 2.47. The van der Waals surface area contributed by atoms with Gasteiger partial charge in [-0.3, -0.25) is 4.79 Å². The smallest absolute Gasteiger partial charge is 0.331 e. The highest BCUT2D eigenvalue weighted by atomic mass is 32.2. The van der Waals surface area contributed by atoms with Crippen molar-refractivity contribution in [1.82, 2.24) is 0 Å². The van der Waals surface area contributed by atoms with Crippen LogP contribution in [-0.4, -0.2) is 24.1 Å². The number of Topliss-reactive ketones (excluding diaryl/α,β-unsaturated/α-hetero) is 1. The number of rotatable bonds is 3. The van der Waals surface area contributed by atoms with Gasteiger partial charge in [0.1, 0.15) is 6.10 Å². The van der Waals surface area contributed by atoms with Gasteiger partial charge in [0, 0.05) is 12.5 Å². The monoisotopic (exact) mass is 336 g/mol. The molecule has 4 atom stereocenters. The summed E-state index contributed by atoms with van der Waals surface area (Å²) in [6.07, 6.45) is 6.48. The van der Waals surface area contributed by atoms with E-state index in [1.807, 2.05) is 20.1 Å². The van der Waals surface area contributed by atoms with Crippen LogP contribution in [0, 0.1) is 17.3 Å². The Morgan fingerprint density at radius 1 is 1.35 bits per heavy atom. The Balaban J connectivity index is 2.12. The van der Waals surface area contributed by atoms with E-state index in [0.717, 1.165) is 30.4 Å². The zero-order chi connectivity index (χ0) is 17.2. The molecule has 128 valence electrons. The molecule has 0 aromatic carbocycles. The van der Waals surface area contributed by atoms with Crippen molar-refractivity contribution < 1.29 is 14.3 Å². The van der Waals surface area contributed by atoms with E-state index in [0.29, 0.717) is 18.3 Å². The number of allylic oxidation sites excluding steroid dienone is 2. The van der Waals surface area contributed by atoms with Crippen molar-refractivity contribution in [2.75, 3.05) is 6.26 Å². The Hall–Kier alpha value is -1.03. The van der Waals surface area contributed by atoms with Crippen molar-refractivity contribution in [3.8, 4) is 0 Å². The summed E-state index contributed by atoms with van der Waals surface area (Å²) in [7, 11) is 0. The van der Waals surface area contributed by atoms with E-state index in [4.69, 9.17) is 4.74 Å². The molecule has 4 heteroatoms. The van der Waals surface area contributed by atoms with E-state index < -0.39 is 0 Å². The van der Waals surface area contributed by atoms with Gasteiger partial charge in [-0.05, 0) is 67.6 Å². The number of esters is 1. The van der Waals surface area contributed by atoms with Crippen molar-refractivity contribution >= 4 is 23.5 Å². The Labute approximate surface area is 143 Å². The van der Waals surface area contributed by atoms with E-state index in [1.54, 1.807) is 5.41 Å². The maximum Gasteiger partial charge on any atom is 0.331 e. The summed E-state index contributed by atoms with van der Waals surface area (Å²) < 4.78 is 5.60. The zero-order valence-corrected chi connectivity index (χ0v) is 15.7. The van der Waals surface area contributed by atoms with Crippen molar-refractivity contribution in [2.45, 2.75) is 59.5 Å². The van der Waals surface area contributed by atoms with Crippen molar-refractivity contribution in [2.24, 2.45) is 17.3 Å². The first-order valence-corrected chi connectivity index (χ1v) is 9.66. The van der Waals surface area contributed by atoms with E-state index >= 15 is 0 Å². The standard InChI is InChI=1S/C19H28O3S/c1-12(2)16-11-19(4)13(3)8-15(9-14(19)10-17(16)20)22-18(21)6-7-23-5/h6-7,13-15H,8-11H2,1-5H3. The van der Waals surface area contributed by atoms with Crippen LogP contribution in [0.2, 0.25) is 0 Å². The van der Waals surface area contributed by atoms with Crippen LogP contribution in [0.1, 0.15) is 53.4 Å². The predicted octanol–water partition coefficient (Wildman–Crippen LogP) is 4.53. The first-order chi connectivity index (χ1) is 10.8. The molecule has 0 amide bonds. The number of ether oxygens (including phenoxy) is 1. The van der Waals surface area contributed by atoms with Crippen LogP contribution < -0.4 is 0 Å². The Morgan fingerprint density at radius 2 is 2.04 bits per heavy atom. The summed E-state index contributed by atoms with van der Waals surface area (Å²) in [5.41, 5.74) is 2.31. The molecule has 0 spiro atoms. The molecule has 4 unspecified atom stereocenters. The first-order valence-electron chi connectivity index (χ1n) is 8.37. The van der Waals surface area contributed by atoms with Crippen molar-refractivity contribution in [3.63, 3.8) is 0 Å². The summed E-state index contributed by atoms with van der Waals surface area (Å²) >= 11 is 1.48. The minimum absolute atomic E-state index is 0.0665. The molecule has 0 saturated heterocycles. The molecule has 23 heavy (non-hydrogen) atoms. The number of carbonyl (C=O) groups is 2. The van der Waals surface area contributed by atoms with Crippen LogP contribution in [0.15, 0.2) is 22.6 Å². The molecule has 0 radical (unpaired) electrons. The lowest BCUT2D eigenvalue weighted by molar-refractivity contribution is -0.151. The highest BCUT2D eigenvalue weighted by molar-refractivity contribution is 8.01. The molecular weight excluding hydrogens is 308 g/mol. The molecule has 0 aromatic heterocycles. The SMILES string of the molecule is CSC=CC(=O)OC1CC(C)C2(C)CC(=C(C)C)C(=O)CC2C1. The fourth-order valence-corrected chi connectivity index (χ4v) is 4.34. The van der Waals surface area contributed by atoms with Gasteiger partial charge < -0.3 is 4.74 Å². The third-order valence-corrected chi connectivity index (χ3v) is 6.18. The zero-order valence-electron chi connectivity index (χ0n) is 14.8. The van der Waals surface area contributed by atoms with Gasteiger partial charge >= 0.3 is 5.97 Å². The van der Waals surface area contributed by atoms with Gasteiger partial charge in [0.2, 0.25) is 0 Å². The van der Waals surface area contributed by atoms with Gasteiger partial charge in [-0.15, -0.1) is 11.8 Å². The van der Waals surface area contributed by atoms with Crippen LogP contribution >= 0.6 is 11.8 Å². The molecule has 3 nitrogen and oxygen atoms in total. The molecule has 2 rings (SSSR count). The quantitative estimate of drug-likeness (QED) is 0.561. The third-order valence-electron chi connectivity index (χ3n) is 5.77. The molecule has 2 aliphatic rings. The second kappa shape index (κ2) is 7.25. The molecule has 0 aromatic rings. The molecule has 2 saturated carbocycles. The molecule has 0 bridgehead atoms. The fourth-order valence-electron chi connectivity index (χ4n) is 4.09. The Kier molecular flexibility index (Phi) is 5.77. The summed E-state index contributed by atoms with van der Waals surface area (Å²) in [4.78, 5) is 24.3. The van der Waals surface area contributed by atoms with Gasteiger partial charge in [0.15, 0.2) is 5.78 Å². The molecule has 0 aliphatic heterocycles. The van der Waals surface area contributed by atoms with Gasteiger partial charge in [-0.25, -0.2) is 4.79 Å². The molecule has 0 N–H and O–H groups in total. The summed E-state index contributed by atoms with van der Waals surface area (Å²) in [5.74, 6) is 0.761. The minimum Gasteiger partial charge on any atom is -0.459 e. The number of hydrogen-bond acceptors (Lipinski definition) is 4. The summed E-state index contributed by atoms with van der Waals surface area (Å²) in [5, 5.41) is 1.74. The van der Waals surface area contributed by atoms with E-state index in [1.165, 1.54) is 17.8 Å². The van der Waals surface area contributed by atoms with Gasteiger partial charge in [0.05, 0.1) is 0 Å². The van der Waals surface area contributed by atoms with Crippen LogP contribution in [0.4, 0.5) is 0 Å². The normalized spacial score (nSPS) is 34.4. The van der Waals surface area contributed by atoms with E-state index in [2.05, 4.69) is 13.8 Å². The number of carbonyl (C=O) groups excluding carboxylic acids is 2. The van der Waals surface area contributed by atoms with Crippen molar-refractivity contribution in [1.29, 1.82) is 0 Å². The topological polar surface area (TPSA) is 43.4 Å². The summed E-state index contributed by atoms with van der Waals surface area (Å²) in [6.45, 7) is 8.62. The lowest BCUT2D eigenvalue weighted by atomic mass is 9.54. The largest absolute Gasteiger partial charge is 0.459 e. The number of hydrogen-bond donors (Lipinski definition) is 0. The van der Waals surface area contributed by atoms with Crippen LogP contribution in [0.3, 0.4) is 0 Å². The maximum atomic E-state index is 12.4. The molecule has 0 heterocycles. The highest BCUT2D eigenvalue weighted by Gasteiger charge is 2.50. The number of thioether (sulfide) groups is 1. The van der Waals surface area contributed by atoms with Crippen LogP contribution in [0.5, 0.6) is 0 Å². The minimum atomic E-state index is -0.271. The first kappa shape index (κ1) is 18.3. The Morgan fingerprint density at radius 3 is 2.65 bits per heavy atom. The van der Waals surface area contributed by atoms with Gasteiger partial charge in [-0.2, -0.15) is 0 Å². The van der Waals surface area contributed by atoms with Crippen LogP contribution in [0.25, 0.3) is 0 Å². The number of ketones is 1. The lowest BCUT2D eigenvalue weighted by Gasteiger charge is -2.51. The average molecular weight is 336 g/mol. The Bertz CT molecular complexity index is 545.